The maximum Gasteiger partial charge on any atom is 0.0893 e. The zero-order chi connectivity index (χ0) is 12.2. The zero-order valence-electron chi connectivity index (χ0n) is 11.0. The van der Waals surface area contributed by atoms with Gasteiger partial charge in [0.25, 0.3) is 0 Å². The first kappa shape index (κ1) is 13.2. The zero-order valence-corrected chi connectivity index (χ0v) is 11.0. The van der Waals surface area contributed by atoms with Crippen molar-refractivity contribution < 1.29 is 5.11 Å². The number of aliphatic hydroxyl groups is 1. The van der Waals surface area contributed by atoms with Crippen molar-refractivity contribution >= 4 is 0 Å². The maximum absolute atomic E-state index is 10.5. The predicted octanol–water partition coefficient (Wildman–Crippen LogP) is 4.21. The molecule has 0 saturated heterocycles. The van der Waals surface area contributed by atoms with Gasteiger partial charge >= 0.3 is 0 Å². The Labute approximate surface area is 99.5 Å². The van der Waals surface area contributed by atoms with E-state index in [0.717, 1.165) is 24.8 Å². The third-order valence-electron chi connectivity index (χ3n) is 3.36. The lowest BCUT2D eigenvalue weighted by atomic mass is 9.86. The highest BCUT2D eigenvalue weighted by atomic mass is 16.3. The van der Waals surface area contributed by atoms with Crippen LogP contribution in [0, 0.1) is 0 Å². The molecule has 0 amide bonds. The summed E-state index contributed by atoms with van der Waals surface area (Å²) in [5.74, 6) is 0.551. The van der Waals surface area contributed by atoms with Crippen molar-refractivity contribution in [1.82, 2.24) is 0 Å². The van der Waals surface area contributed by atoms with Crippen molar-refractivity contribution in [2.45, 2.75) is 58.5 Å². The molecule has 1 N–H and O–H groups in total. The third kappa shape index (κ3) is 2.85. The van der Waals surface area contributed by atoms with Crippen LogP contribution in [0.1, 0.15) is 64.0 Å². The second kappa shape index (κ2) is 5.49. The Bertz CT molecular complexity index is 313. The molecule has 0 bridgehead atoms. The Hall–Kier alpha value is -0.820. The summed E-state index contributed by atoms with van der Waals surface area (Å²) in [5, 5.41) is 10.5. The van der Waals surface area contributed by atoms with Crippen molar-refractivity contribution in [3.05, 3.63) is 35.4 Å². The van der Waals surface area contributed by atoms with Crippen LogP contribution in [0.4, 0.5) is 0 Å². The second-order valence-corrected chi connectivity index (χ2v) is 4.91. The van der Waals surface area contributed by atoms with Gasteiger partial charge in [-0.3, -0.25) is 0 Å². The van der Waals surface area contributed by atoms with Gasteiger partial charge in [0.05, 0.1) is 5.60 Å². The van der Waals surface area contributed by atoms with E-state index in [9.17, 15) is 5.11 Å². The lowest BCUT2D eigenvalue weighted by Crippen LogP contribution is -2.24. The molecule has 1 atom stereocenters. The SMILES string of the molecule is CCCC(O)(CC)c1ccc(C(C)C)cc1. The third-order valence-corrected chi connectivity index (χ3v) is 3.36. The Morgan fingerprint density at radius 3 is 2.06 bits per heavy atom. The summed E-state index contributed by atoms with van der Waals surface area (Å²) in [7, 11) is 0. The van der Waals surface area contributed by atoms with Gasteiger partial charge in [0.15, 0.2) is 0 Å². The Kier molecular flexibility index (Phi) is 4.55. The standard InChI is InChI=1S/C15H24O/c1-5-11-15(16,6-2)14-9-7-13(8-10-14)12(3)4/h7-10,12,16H,5-6,11H2,1-4H3. The molecule has 1 nitrogen and oxygen atoms in total. The molecule has 1 aromatic carbocycles. The second-order valence-electron chi connectivity index (χ2n) is 4.91. The van der Waals surface area contributed by atoms with Crippen LogP contribution in [0.25, 0.3) is 0 Å². The highest BCUT2D eigenvalue weighted by Gasteiger charge is 2.25. The van der Waals surface area contributed by atoms with E-state index in [1.54, 1.807) is 0 Å². The van der Waals surface area contributed by atoms with Crippen molar-refractivity contribution in [3.63, 3.8) is 0 Å². The van der Waals surface area contributed by atoms with Crippen LogP contribution in [0.15, 0.2) is 24.3 Å². The van der Waals surface area contributed by atoms with Gasteiger partial charge in [0.1, 0.15) is 0 Å². The van der Waals surface area contributed by atoms with E-state index in [-0.39, 0.29) is 0 Å². The molecule has 90 valence electrons. The minimum Gasteiger partial charge on any atom is -0.385 e. The van der Waals surface area contributed by atoms with Crippen LogP contribution in [0.5, 0.6) is 0 Å². The fourth-order valence-corrected chi connectivity index (χ4v) is 2.12. The fraction of sp³-hybridized carbons (Fsp3) is 0.600. The van der Waals surface area contributed by atoms with E-state index < -0.39 is 5.60 Å². The topological polar surface area (TPSA) is 20.2 Å². The Balaban J connectivity index is 2.94. The fourth-order valence-electron chi connectivity index (χ4n) is 2.12. The van der Waals surface area contributed by atoms with E-state index in [1.807, 2.05) is 6.92 Å². The molecule has 0 saturated carbocycles. The number of rotatable bonds is 5. The largest absolute Gasteiger partial charge is 0.385 e. The first-order valence-electron chi connectivity index (χ1n) is 6.36. The number of hydrogen-bond donors (Lipinski definition) is 1. The molecular weight excluding hydrogens is 196 g/mol. The van der Waals surface area contributed by atoms with Crippen molar-refractivity contribution in [2.75, 3.05) is 0 Å². The molecule has 1 unspecified atom stereocenters. The van der Waals surface area contributed by atoms with E-state index >= 15 is 0 Å². The van der Waals surface area contributed by atoms with Crippen LogP contribution in [-0.2, 0) is 5.60 Å². The summed E-state index contributed by atoms with van der Waals surface area (Å²) in [6.45, 7) is 8.54. The monoisotopic (exact) mass is 220 g/mol. The van der Waals surface area contributed by atoms with Gasteiger partial charge in [-0.15, -0.1) is 0 Å². The van der Waals surface area contributed by atoms with E-state index in [2.05, 4.69) is 45.0 Å². The van der Waals surface area contributed by atoms with Crippen molar-refractivity contribution in [3.8, 4) is 0 Å². The molecule has 0 aliphatic carbocycles. The van der Waals surface area contributed by atoms with Crippen molar-refractivity contribution in [2.24, 2.45) is 0 Å². The average molecular weight is 220 g/mol. The van der Waals surface area contributed by atoms with Crippen LogP contribution in [0.2, 0.25) is 0 Å². The quantitative estimate of drug-likeness (QED) is 0.788. The molecule has 0 aliphatic rings. The van der Waals surface area contributed by atoms with Crippen LogP contribution in [-0.4, -0.2) is 5.11 Å². The summed E-state index contributed by atoms with van der Waals surface area (Å²) in [4.78, 5) is 0. The molecule has 0 aromatic heterocycles. The van der Waals surface area contributed by atoms with E-state index in [1.165, 1.54) is 5.56 Å². The average Bonchev–Trinajstić information content (AvgIpc) is 2.29. The normalized spacial score (nSPS) is 15.1. The molecular formula is C15H24O. The first-order chi connectivity index (χ1) is 7.53. The van der Waals surface area contributed by atoms with Gasteiger partial charge in [-0.2, -0.15) is 0 Å². The minimum absolute atomic E-state index is 0.551. The smallest absolute Gasteiger partial charge is 0.0893 e. The van der Waals surface area contributed by atoms with E-state index in [4.69, 9.17) is 0 Å². The summed E-state index contributed by atoms with van der Waals surface area (Å²) in [6.07, 6.45) is 2.63. The van der Waals surface area contributed by atoms with Crippen LogP contribution in [0.3, 0.4) is 0 Å². The molecule has 1 heteroatoms. The van der Waals surface area contributed by atoms with Gasteiger partial charge < -0.3 is 5.11 Å². The van der Waals surface area contributed by atoms with Gasteiger partial charge in [0, 0.05) is 0 Å². The number of benzene rings is 1. The molecule has 0 spiro atoms. The first-order valence-corrected chi connectivity index (χ1v) is 6.36. The molecule has 0 radical (unpaired) electrons. The Morgan fingerprint density at radius 2 is 1.69 bits per heavy atom. The summed E-state index contributed by atoms with van der Waals surface area (Å²) in [6, 6.07) is 8.43. The van der Waals surface area contributed by atoms with E-state index in [0.29, 0.717) is 5.92 Å². The molecule has 1 rings (SSSR count). The maximum atomic E-state index is 10.5. The van der Waals surface area contributed by atoms with Crippen molar-refractivity contribution in [1.29, 1.82) is 0 Å². The predicted molar refractivity (Wildman–Crippen MR) is 69.6 cm³/mol. The molecule has 0 heterocycles. The highest BCUT2D eigenvalue weighted by molar-refractivity contribution is 5.28. The highest BCUT2D eigenvalue weighted by Crippen LogP contribution is 2.30. The lowest BCUT2D eigenvalue weighted by Gasteiger charge is -2.27. The van der Waals surface area contributed by atoms with Gasteiger partial charge in [-0.25, -0.2) is 0 Å². The molecule has 16 heavy (non-hydrogen) atoms. The van der Waals surface area contributed by atoms with Gasteiger partial charge in [-0.05, 0) is 29.9 Å². The Morgan fingerprint density at radius 1 is 1.12 bits per heavy atom. The molecule has 0 fully saturated rings. The van der Waals surface area contributed by atoms with Gasteiger partial charge in [-0.1, -0.05) is 58.4 Å². The summed E-state index contributed by atoms with van der Waals surface area (Å²) >= 11 is 0. The minimum atomic E-state index is -0.635. The van der Waals surface area contributed by atoms with Crippen LogP contribution < -0.4 is 0 Å². The van der Waals surface area contributed by atoms with Gasteiger partial charge in [0.2, 0.25) is 0 Å². The number of hydrogen-bond acceptors (Lipinski definition) is 1. The lowest BCUT2D eigenvalue weighted by molar-refractivity contribution is 0.0226. The molecule has 1 aromatic rings. The summed E-state index contributed by atoms with van der Waals surface area (Å²) < 4.78 is 0. The summed E-state index contributed by atoms with van der Waals surface area (Å²) in [5.41, 5.74) is 1.75. The molecule has 0 aliphatic heterocycles. The van der Waals surface area contributed by atoms with Crippen LogP contribution >= 0.6 is 0 Å².